The van der Waals surface area contributed by atoms with Gasteiger partial charge in [-0.2, -0.15) is 0 Å². The molecule has 0 bridgehead atoms. The first kappa shape index (κ1) is 17.1. The van der Waals surface area contributed by atoms with Crippen LogP contribution in [-0.4, -0.2) is 20.1 Å². The van der Waals surface area contributed by atoms with E-state index in [0.717, 1.165) is 6.07 Å². The van der Waals surface area contributed by atoms with E-state index < -0.39 is 27.4 Å². The summed E-state index contributed by atoms with van der Waals surface area (Å²) < 4.78 is 49.7. The van der Waals surface area contributed by atoms with E-state index in [0.29, 0.717) is 11.3 Å². The van der Waals surface area contributed by atoms with Gasteiger partial charge in [0.15, 0.2) is 9.84 Å². The van der Waals surface area contributed by atoms with Gasteiger partial charge in [-0.1, -0.05) is 12.1 Å². The Labute approximate surface area is 133 Å². The van der Waals surface area contributed by atoms with Gasteiger partial charge in [-0.05, 0) is 42.0 Å². The lowest BCUT2D eigenvalue weighted by Gasteiger charge is -2.06. The van der Waals surface area contributed by atoms with Crippen LogP contribution in [0.15, 0.2) is 48.5 Å². The summed E-state index contributed by atoms with van der Waals surface area (Å²) >= 11 is 0. The summed E-state index contributed by atoms with van der Waals surface area (Å²) in [6.45, 7) is 0. The Morgan fingerprint density at radius 3 is 2.35 bits per heavy atom. The number of hydrogen-bond donors (Lipinski definition) is 1. The Balaban J connectivity index is 1.88. The largest absolute Gasteiger partial charge is 0.326 e. The van der Waals surface area contributed by atoms with Crippen molar-refractivity contribution in [1.29, 1.82) is 0 Å². The summed E-state index contributed by atoms with van der Waals surface area (Å²) in [5.74, 6) is -2.10. The lowest BCUT2D eigenvalue weighted by molar-refractivity contribution is -0.115. The van der Waals surface area contributed by atoms with Gasteiger partial charge in [0.2, 0.25) is 5.91 Å². The van der Waals surface area contributed by atoms with Crippen molar-refractivity contribution in [3.63, 3.8) is 0 Å². The van der Waals surface area contributed by atoms with Crippen LogP contribution in [0.4, 0.5) is 14.5 Å². The number of hydrogen-bond acceptors (Lipinski definition) is 3. The maximum atomic E-state index is 13.0. The van der Waals surface area contributed by atoms with Gasteiger partial charge in [-0.15, -0.1) is 0 Å². The maximum Gasteiger partial charge on any atom is 0.225 e. The molecule has 0 aliphatic heterocycles. The number of halogens is 2. The van der Waals surface area contributed by atoms with Gasteiger partial charge in [0, 0.05) is 12.1 Å². The van der Waals surface area contributed by atoms with Crippen LogP contribution in [0.25, 0.3) is 0 Å². The standard InChI is InChI=1S/C16H15F2NO3S/c17-13-4-6-15(7-5-13)19-16(20)8-9-23(21,22)11-12-2-1-3-14(18)10-12/h1-7,10H,8-9,11H2,(H,19,20). The molecule has 7 heteroatoms. The molecule has 4 nitrogen and oxygen atoms in total. The van der Waals surface area contributed by atoms with Crippen LogP contribution in [0.1, 0.15) is 12.0 Å². The van der Waals surface area contributed by atoms with Crippen LogP contribution in [0.3, 0.4) is 0 Å². The second kappa shape index (κ2) is 7.32. The quantitative estimate of drug-likeness (QED) is 0.880. The van der Waals surface area contributed by atoms with Crippen molar-refractivity contribution in [3.05, 3.63) is 65.7 Å². The molecule has 122 valence electrons. The van der Waals surface area contributed by atoms with Crippen molar-refractivity contribution in [2.45, 2.75) is 12.2 Å². The highest BCUT2D eigenvalue weighted by Gasteiger charge is 2.15. The second-order valence-electron chi connectivity index (χ2n) is 5.03. The maximum absolute atomic E-state index is 13.0. The molecule has 0 radical (unpaired) electrons. The van der Waals surface area contributed by atoms with Gasteiger partial charge in [0.1, 0.15) is 11.6 Å². The first-order valence-electron chi connectivity index (χ1n) is 6.84. The van der Waals surface area contributed by atoms with Gasteiger partial charge in [0.05, 0.1) is 11.5 Å². The number of benzene rings is 2. The van der Waals surface area contributed by atoms with Crippen molar-refractivity contribution in [3.8, 4) is 0 Å². The zero-order valence-corrected chi connectivity index (χ0v) is 12.9. The molecule has 0 aliphatic carbocycles. The molecule has 2 aromatic carbocycles. The van der Waals surface area contributed by atoms with Gasteiger partial charge in [-0.25, -0.2) is 17.2 Å². The molecule has 0 spiro atoms. The summed E-state index contributed by atoms with van der Waals surface area (Å²) in [5.41, 5.74) is 0.725. The predicted molar refractivity (Wildman–Crippen MR) is 83.5 cm³/mol. The first-order valence-corrected chi connectivity index (χ1v) is 8.66. The van der Waals surface area contributed by atoms with E-state index in [2.05, 4.69) is 5.32 Å². The average Bonchev–Trinajstić information content (AvgIpc) is 2.47. The van der Waals surface area contributed by atoms with E-state index in [1.165, 1.54) is 42.5 Å². The van der Waals surface area contributed by atoms with Crippen LogP contribution >= 0.6 is 0 Å². The fraction of sp³-hybridized carbons (Fsp3) is 0.188. The van der Waals surface area contributed by atoms with Crippen molar-refractivity contribution in [1.82, 2.24) is 0 Å². The smallest absolute Gasteiger partial charge is 0.225 e. The normalized spacial score (nSPS) is 11.2. The van der Waals surface area contributed by atoms with Gasteiger partial charge >= 0.3 is 0 Å². The third-order valence-corrected chi connectivity index (χ3v) is 4.64. The number of nitrogens with one attached hydrogen (secondary N) is 1. The van der Waals surface area contributed by atoms with E-state index in [1.807, 2.05) is 0 Å². The minimum Gasteiger partial charge on any atom is -0.326 e. The monoisotopic (exact) mass is 339 g/mol. The molecule has 0 unspecified atom stereocenters. The highest BCUT2D eigenvalue weighted by molar-refractivity contribution is 7.90. The summed E-state index contributed by atoms with van der Waals surface area (Å²) in [5, 5.41) is 2.48. The minimum absolute atomic E-state index is 0.227. The Hall–Kier alpha value is -2.28. The second-order valence-corrected chi connectivity index (χ2v) is 7.21. The molecular formula is C16H15F2NO3S. The fourth-order valence-electron chi connectivity index (χ4n) is 1.96. The van der Waals surface area contributed by atoms with Crippen LogP contribution in [-0.2, 0) is 20.4 Å². The molecule has 0 aromatic heterocycles. The van der Waals surface area contributed by atoms with Crippen molar-refractivity contribution in [2.75, 3.05) is 11.1 Å². The molecule has 1 N–H and O–H groups in total. The topological polar surface area (TPSA) is 63.2 Å². The molecule has 0 atom stereocenters. The summed E-state index contributed by atoms with van der Waals surface area (Å²) in [6.07, 6.45) is -0.227. The molecule has 2 aromatic rings. The lowest BCUT2D eigenvalue weighted by Crippen LogP contribution is -2.18. The van der Waals surface area contributed by atoms with Crippen molar-refractivity contribution >= 4 is 21.4 Å². The molecule has 0 aliphatic rings. The first-order chi connectivity index (χ1) is 10.8. The van der Waals surface area contributed by atoms with Gasteiger partial charge in [-0.3, -0.25) is 4.79 Å². The van der Waals surface area contributed by atoms with Crippen LogP contribution in [0.5, 0.6) is 0 Å². The van der Waals surface area contributed by atoms with Crippen LogP contribution in [0, 0.1) is 11.6 Å². The molecule has 0 saturated heterocycles. The summed E-state index contributed by atoms with van der Waals surface area (Å²) in [7, 11) is -3.53. The van der Waals surface area contributed by atoms with Crippen molar-refractivity contribution < 1.29 is 22.0 Å². The molecule has 23 heavy (non-hydrogen) atoms. The Bertz CT molecular complexity index is 789. The zero-order valence-electron chi connectivity index (χ0n) is 12.1. The molecule has 0 fully saturated rings. The fourth-order valence-corrected chi connectivity index (χ4v) is 3.29. The highest BCUT2D eigenvalue weighted by Crippen LogP contribution is 2.11. The molecule has 1 amide bonds. The third-order valence-electron chi connectivity index (χ3n) is 3.04. The Kier molecular flexibility index (Phi) is 5.44. The predicted octanol–water partition coefficient (Wildman–Crippen LogP) is 2.91. The molecule has 0 heterocycles. The number of anilines is 1. The van der Waals surface area contributed by atoms with Gasteiger partial charge < -0.3 is 5.32 Å². The molecule has 0 saturated carbocycles. The van der Waals surface area contributed by atoms with Crippen LogP contribution < -0.4 is 5.32 Å². The number of carbonyl (C=O) groups excluding carboxylic acids is 1. The van der Waals surface area contributed by atoms with E-state index in [4.69, 9.17) is 0 Å². The van der Waals surface area contributed by atoms with E-state index >= 15 is 0 Å². The number of amides is 1. The summed E-state index contributed by atoms with van der Waals surface area (Å²) in [6, 6.07) is 10.5. The van der Waals surface area contributed by atoms with E-state index in [9.17, 15) is 22.0 Å². The van der Waals surface area contributed by atoms with E-state index in [1.54, 1.807) is 0 Å². The highest BCUT2D eigenvalue weighted by atomic mass is 32.2. The zero-order chi connectivity index (χ0) is 16.9. The average molecular weight is 339 g/mol. The van der Waals surface area contributed by atoms with Crippen molar-refractivity contribution in [2.24, 2.45) is 0 Å². The minimum atomic E-state index is -3.53. The number of rotatable bonds is 6. The molecular weight excluding hydrogens is 324 g/mol. The van der Waals surface area contributed by atoms with Gasteiger partial charge in [0.25, 0.3) is 0 Å². The van der Waals surface area contributed by atoms with E-state index in [-0.39, 0.29) is 17.9 Å². The Morgan fingerprint density at radius 1 is 1.00 bits per heavy atom. The number of carbonyl (C=O) groups is 1. The van der Waals surface area contributed by atoms with Crippen LogP contribution in [0.2, 0.25) is 0 Å². The Morgan fingerprint density at radius 2 is 1.70 bits per heavy atom. The number of sulfone groups is 1. The summed E-state index contributed by atoms with van der Waals surface area (Å²) in [4.78, 5) is 11.7. The molecule has 2 rings (SSSR count). The third kappa shape index (κ3) is 5.78. The SMILES string of the molecule is O=C(CCS(=O)(=O)Cc1cccc(F)c1)Nc1ccc(F)cc1. The lowest BCUT2D eigenvalue weighted by atomic mass is 10.2.